The molecule has 0 bridgehead atoms. The first-order valence-corrected chi connectivity index (χ1v) is 5.96. The van der Waals surface area contributed by atoms with E-state index in [0.29, 0.717) is 0 Å². The highest BCUT2D eigenvalue weighted by atomic mass is 16.2. The number of aliphatic hydroxyl groups is 1. The minimum atomic E-state index is 0.239. The third kappa shape index (κ3) is 3.17. The van der Waals surface area contributed by atoms with Crippen LogP contribution in [0.4, 0.5) is 0 Å². The number of benzene rings is 1. The lowest BCUT2D eigenvalue weighted by molar-refractivity contribution is 0.288. The fourth-order valence-corrected chi connectivity index (χ4v) is 1.87. The predicted octanol–water partition coefficient (Wildman–Crippen LogP) is 2.16. The third-order valence-corrected chi connectivity index (χ3v) is 2.90. The van der Waals surface area contributed by atoms with Gasteiger partial charge < -0.3 is 5.11 Å². The number of rotatable bonds is 5. The molecule has 0 aliphatic carbocycles. The summed E-state index contributed by atoms with van der Waals surface area (Å²) in [5.74, 6) is 0. The number of aromatic nitrogens is 2. The fourth-order valence-electron chi connectivity index (χ4n) is 1.87. The Morgan fingerprint density at radius 1 is 1.29 bits per heavy atom. The molecule has 0 radical (unpaired) electrons. The van der Waals surface area contributed by atoms with Crippen molar-refractivity contribution in [2.45, 2.75) is 26.3 Å². The summed E-state index contributed by atoms with van der Waals surface area (Å²) in [5, 5.41) is 13.1. The molecule has 3 heteroatoms. The predicted molar refractivity (Wildman–Crippen MR) is 67.9 cm³/mol. The van der Waals surface area contributed by atoms with Gasteiger partial charge in [-0.2, -0.15) is 5.10 Å². The monoisotopic (exact) mass is 230 g/mol. The maximum Gasteiger partial charge on any atom is 0.0662 e. The SMILES string of the molecule is Cc1ccccc1Cn1cc(CCCO)cn1. The van der Waals surface area contributed by atoms with Crippen molar-refractivity contribution in [2.24, 2.45) is 0 Å². The van der Waals surface area contributed by atoms with Gasteiger partial charge in [-0.15, -0.1) is 0 Å². The van der Waals surface area contributed by atoms with Crippen LogP contribution in [-0.4, -0.2) is 21.5 Å². The summed E-state index contributed by atoms with van der Waals surface area (Å²) in [6, 6.07) is 8.35. The van der Waals surface area contributed by atoms with Crippen LogP contribution in [0, 0.1) is 6.92 Å². The van der Waals surface area contributed by atoms with Crippen LogP contribution in [0.3, 0.4) is 0 Å². The van der Waals surface area contributed by atoms with Crippen molar-refractivity contribution in [2.75, 3.05) is 6.61 Å². The molecule has 0 aliphatic heterocycles. The zero-order valence-electron chi connectivity index (χ0n) is 10.1. The Morgan fingerprint density at radius 2 is 2.12 bits per heavy atom. The molecule has 2 rings (SSSR count). The van der Waals surface area contributed by atoms with Crippen LogP contribution in [0.5, 0.6) is 0 Å². The van der Waals surface area contributed by atoms with Gasteiger partial charge in [0.2, 0.25) is 0 Å². The average molecular weight is 230 g/mol. The Morgan fingerprint density at radius 3 is 2.88 bits per heavy atom. The maximum absolute atomic E-state index is 8.78. The molecule has 1 aromatic carbocycles. The Hall–Kier alpha value is -1.61. The van der Waals surface area contributed by atoms with Gasteiger partial charge in [0.15, 0.2) is 0 Å². The second-order valence-electron chi connectivity index (χ2n) is 4.30. The molecule has 1 N–H and O–H groups in total. The van der Waals surface area contributed by atoms with E-state index in [0.717, 1.165) is 19.4 Å². The summed E-state index contributed by atoms with van der Waals surface area (Å²) in [4.78, 5) is 0. The lowest BCUT2D eigenvalue weighted by Gasteiger charge is -2.05. The van der Waals surface area contributed by atoms with E-state index in [-0.39, 0.29) is 6.61 Å². The molecular weight excluding hydrogens is 212 g/mol. The van der Waals surface area contributed by atoms with Gasteiger partial charge >= 0.3 is 0 Å². The number of aryl methyl sites for hydroxylation is 2. The first kappa shape index (κ1) is 11.9. The molecule has 0 unspecified atom stereocenters. The molecule has 0 saturated heterocycles. The van der Waals surface area contributed by atoms with Gasteiger partial charge in [-0.3, -0.25) is 4.68 Å². The Kier molecular flexibility index (Phi) is 3.94. The van der Waals surface area contributed by atoms with Crippen LogP contribution in [0.15, 0.2) is 36.7 Å². The van der Waals surface area contributed by atoms with Gasteiger partial charge in [-0.1, -0.05) is 24.3 Å². The summed E-state index contributed by atoms with van der Waals surface area (Å²) in [6.45, 7) is 3.17. The zero-order chi connectivity index (χ0) is 12.1. The van der Waals surface area contributed by atoms with E-state index in [1.807, 2.05) is 10.9 Å². The van der Waals surface area contributed by atoms with E-state index >= 15 is 0 Å². The van der Waals surface area contributed by atoms with Crippen LogP contribution < -0.4 is 0 Å². The molecule has 2 aromatic rings. The topological polar surface area (TPSA) is 38.0 Å². The fraction of sp³-hybridized carbons (Fsp3) is 0.357. The van der Waals surface area contributed by atoms with Crippen LogP contribution in [0.1, 0.15) is 23.1 Å². The number of aliphatic hydroxyl groups excluding tert-OH is 1. The second-order valence-corrected chi connectivity index (χ2v) is 4.30. The van der Waals surface area contributed by atoms with Gasteiger partial charge in [0, 0.05) is 12.8 Å². The largest absolute Gasteiger partial charge is 0.396 e. The van der Waals surface area contributed by atoms with E-state index in [4.69, 9.17) is 5.11 Å². The molecule has 17 heavy (non-hydrogen) atoms. The smallest absolute Gasteiger partial charge is 0.0662 e. The minimum Gasteiger partial charge on any atom is -0.396 e. The maximum atomic E-state index is 8.78. The van der Waals surface area contributed by atoms with Crippen molar-refractivity contribution in [3.63, 3.8) is 0 Å². The Labute approximate surface area is 102 Å². The normalized spacial score (nSPS) is 10.7. The van der Waals surface area contributed by atoms with Gasteiger partial charge in [-0.05, 0) is 36.5 Å². The summed E-state index contributed by atoms with van der Waals surface area (Å²) in [5.41, 5.74) is 3.77. The summed E-state index contributed by atoms with van der Waals surface area (Å²) >= 11 is 0. The molecule has 0 fully saturated rings. The van der Waals surface area contributed by atoms with Crippen molar-refractivity contribution in [1.29, 1.82) is 0 Å². The highest BCUT2D eigenvalue weighted by Gasteiger charge is 2.01. The highest BCUT2D eigenvalue weighted by molar-refractivity contribution is 5.25. The van der Waals surface area contributed by atoms with E-state index in [1.54, 1.807) is 0 Å². The lowest BCUT2D eigenvalue weighted by atomic mass is 10.1. The molecule has 0 saturated carbocycles. The van der Waals surface area contributed by atoms with E-state index in [9.17, 15) is 0 Å². The van der Waals surface area contributed by atoms with Gasteiger partial charge in [0.05, 0.1) is 12.7 Å². The zero-order valence-corrected chi connectivity index (χ0v) is 10.1. The number of nitrogens with zero attached hydrogens (tertiary/aromatic N) is 2. The first-order chi connectivity index (χ1) is 8.29. The van der Waals surface area contributed by atoms with Crippen molar-refractivity contribution in [3.05, 3.63) is 53.3 Å². The summed E-state index contributed by atoms with van der Waals surface area (Å²) in [6.07, 6.45) is 5.64. The molecule has 0 aliphatic rings. The van der Waals surface area contributed by atoms with Crippen molar-refractivity contribution in [1.82, 2.24) is 9.78 Å². The molecule has 0 spiro atoms. The van der Waals surface area contributed by atoms with Crippen molar-refractivity contribution in [3.8, 4) is 0 Å². The highest BCUT2D eigenvalue weighted by Crippen LogP contribution is 2.10. The van der Waals surface area contributed by atoms with Crippen LogP contribution in [0.2, 0.25) is 0 Å². The first-order valence-electron chi connectivity index (χ1n) is 5.96. The van der Waals surface area contributed by atoms with Crippen LogP contribution in [0.25, 0.3) is 0 Å². The Balaban J connectivity index is 2.04. The van der Waals surface area contributed by atoms with Crippen molar-refractivity contribution >= 4 is 0 Å². The molecule has 0 atom stereocenters. The van der Waals surface area contributed by atoms with E-state index in [2.05, 4.69) is 42.5 Å². The molecule has 3 nitrogen and oxygen atoms in total. The second kappa shape index (κ2) is 5.64. The van der Waals surface area contributed by atoms with Crippen molar-refractivity contribution < 1.29 is 5.11 Å². The summed E-state index contributed by atoms with van der Waals surface area (Å²) in [7, 11) is 0. The quantitative estimate of drug-likeness (QED) is 0.854. The summed E-state index contributed by atoms with van der Waals surface area (Å²) < 4.78 is 1.95. The number of hydrogen-bond acceptors (Lipinski definition) is 2. The van der Waals surface area contributed by atoms with E-state index in [1.165, 1.54) is 16.7 Å². The molecule has 0 amide bonds. The number of hydrogen-bond donors (Lipinski definition) is 1. The lowest BCUT2D eigenvalue weighted by Crippen LogP contribution is -2.01. The molecule has 1 heterocycles. The molecule has 90 valence electrons. The molecular formula is C14H18N2O. The van der Waals surface area contributed by atoms with Gasteiger partial charge in [0.1, 0.15) is 0 Å². The Bertz CT molecular complexity index is 477. The minimum absolute atomic E-state index is 0.239. The van der Waals surface area contributed by atoms with Crippen LogP contribution >= 0.6 is 0 Å². The van der Waals surface area contributed by atoms with Gasteiger partial charge in [-0.25, -0.2) is 0 Å². The molecule has 1 aromatic heterocycles. The third-order valence-electron chi connectivity index (χ3n) is 2.90. The van der Waals surface area contributed by atoms with Crippen LogP contribution in [-0.2, 0) is 13.0 Å². The van der Waals surface area contributed by atoms with E-state index < -0.39 is 0 Å². The average Bonchev–Trinajstić information content (AvgIpc) is 2.77. The standard InChI is InChI=1S/C14H18N2O/c1-12-5-2-3-7-14(12)11-16-10-13(9-15-16)6-4-8-17/h2-3,5,7,9-10,17H,4,6,8,11H2,1H3. The van der Waals surface area contributed by atoms with Gasteiger partial charge in [0.25, 0.3) is 0 Å².